The highest BCUT2D eigenvalue weighted by atomic mass is 32.2. The first kappa shape index (κ1) is 12.4. The molecule has 0 aromatic heterocycles. The summed E-state index contributed by atoms with van der Waals surface area (Å²) in [6.45, 7) is 1.99. The Bertz CT molecular complexity index is 651. The quantitative estimate of drug-likeness (QED) is 0.872. The van der Waals surface area contributed by atoms with Crippen LogP contribution in [0.5, 0.6) is 0 Å². The average molecular weight is 271 g/mol. The molecule has 0 amide bonds. The fraction of sp³-hybridized carbons (Fsp3) is 0.250. The lowest BCUT2D eigenvalue weighted by Gasteiger charge is -2.29. The number of fused-ring (bicyclic) bond motifs is 1. The number of benzene rings is 2. The van der Waals surface area contributed by atoms with Gasteiger partial charge in [-0.05, 0) is 42.2 Å². The summed E-state index contributed by atoms with van der Waals surface area (Å²) in [7, 11) is -0.971. The van der Waals surface area contributed by atoms with Crippen LogP contribution in [-0.2, 0) is 17.2 Å². The van der Waals surface area contributed by atoms with Gasteiger partial charge in [-0.3, -0.25) is 4.21 Å². The molecule has 0 spiro atoms. The van der Waals surface area contributed by atoms with Gasteiger partial charge in [-0.1, -0.05) is 30.3 Å². The molecule has 0 saturated carbocycles. The lowest BCUT2D eigenvalue weighted by atomic mass is 9.79. The molecule has 2 nitrogen and oxygen atoms in total. The maximum Gasteiger partial charge on any atom is 0.0539 e. The highest BCUT2D eigenvalue weighted by Crippen LogP contribution is 2.36. The minimum atomic E-state index is -0.971. The van der Waals surface area contributed by atoms with Gasteiger partial charge >= 0.3 is 0 Å². The Morgan fingerprint density at radius 1 is 1.26 bits per heavy atom. The monoisotopic (exact) mass is 271 g/mol. The van der Waals surface area contributed by atoms with E-state index in [1.165, 1.54) is 11.1 Å². The summed E-state index contributed by atoms with van der Waals surface area (Å²) in [5, 5.41) is 0. The van der Waals surface area contributed by atoms with Gasteiger partial charge in [-0.2, -0.15) is 0 Å². The molecule has 0 bridgehead atoms. The minimum absolute atomic E-state index is 0.429. The first-order chi connectivity index (χ1) is 9.15. The molecule has 2 atom stereocenters. The van der Waals surface area contributed by atoms with Gasteiger partial charge in [0, 0.05) is 22.3 Å². The van der Waals surface area contributed by atoms with Gasteiger partial charge in [0.2, 0.25) is 0 Å². The van der Waals surface area contributed by atoms with E-state index in [0.717, 1.165) is 16.9 Å². The van der Waals surface area contributed by atoms with Crippen LogP contribution in [0.25, 0.3) is 0 Å². The molecule has 98 valence electrons. The van der Waals surface area contributed by atoms with Crippen LogP contribution in [0.1, 0.15) is 22.6 Å². The highest BCUT2D eigenvalue weighted by molar-refractivity contribution is 7.85. The molecule has 2 aromatic rings. The number of anilines is 1. The molecule has 0 saturated heterocycles. The van der Waals surface area contributed by atoms with Gasteiger partial charge < -0.3 is 5.73 Å². The standard InChI is InChI=1S/C16H17NOS/c1-11-6-7-14(17)9-16(11)19(18)10-13-8-12-4-2-3-5-15(12)13/h2-7,9,13H,8,10,17H2,1H3. The van der Waals surface area contributed by atoms with E-state index >= 15 is 0 Å². The van der Waals surface area contributed by atoms with Crippen molar-refractivity contribution in [3.8, 4) is 0 Å². The summed E-state index contributed by atoms with van der Waals surface area (Å²) in [4.78, 5) is 0.879. The molecule has 2 N–H and O–H groups in total. The van der Waals surface area contributed by atoms with Crippen LogP contribution in [0.15, 0.2) is 47.4 Å². The molecule has 1 aliphatic carbocycles. The molecule has 2 unspecified atom stereocenters. The maximum atomic E-state index is 12.5. The Hall–Kier alpha value is -1.61. The third-order valence-electron chi connectivity index (χ3n) is 3.77. The van der Waals surface area contributed by atoms with Crippen molar-refractivity contribution in [2.75, 3.05) is 11.5 Å². The SMILES string of the molecule is Cc1ccc(N)cc1S(=O)CC1Cc2ccccc21. The van der Waals surface area contributed by atoms with Gasteiger partial charge in [-0.15, -0.1) is 0 Å². The van der Waals surface area contributed by atoms with Gasteiger partial charge in [0.25, 0.3) is 0 Å². The Labute approximate surface area is 116 Å². The van der Waals surface area contributed by atoms with E-state index in [4.69, 9.17) is 5.73 Å². The number of hydrogen-bond donors (Lipinski definition) is 1. The molecular weight excluding hydrogens is 254 g/mol. The lowest BCUT2D eigenvalue weighted by molar-refractivity contribution is 0.644. The van der Waals surface area contributed by atoms with Crippen LogP contribution >= 0.6 is 0 Å². The average Bonchev–Trinajstić information content (AvgIpc) is 2.38. The van der Waals surface area contributed by atoms with Crippen LogP contribution in [0.2, 0.25) is 0 Å². The largest absolute Gasteiger partial charge is 0.399 e. The van der Waals surface area contributed by atoms with Crippen molar-refractivity contribution >= 4 is 16.5 Å². The summed E-state index contributed by atoms with van der Waals surface area (Å²) in [5.74, 6) is 1.12. The maximum absolute atomic E-state index is 12.5. The topological polar surface area (TPSA) is 43.1 Å². The van der Waals surface area contributed by atoms with Gasteiger partial charge in [-0.25, -0.2) is 0 Å². The highest BCUT2D eigenvalue weighted by Gasteiger charge is 2.27. The Morgan fingerprint density at radius 2 is 2.05 bits per heavy atom. The summed E-state index contributed by atoms with van der Waals surface area (Å²) in [6.07, 6.45) is 1.04. The van der Waals surface area contributed by atoms with Gasteiger partial charge in [0.15, 0.2) is 0 Å². The van der Waals surface area contributed by atoms with E-state index < -0.39 is 10.8 Å². The number of hydrogen-bond acceptors (Lipinski definition) is 2. The fourth-order valence-electron chi connectivity index (χ4n) is 2.65. The molecule has 1 aliphatic rings. The van der Waals surface area contributed by atoms with E-state index in [-0.39, 0.29) is 0 Å². The van der Waals surface area contributed by atoms with E-state index in [1.807, 2.05) is 25.1 Å². The molecule has 3 rings (SSSR count). The number of nitrogens with two attached hydrogens (primary N) is 1. The van der Waals surface area contributed by atoms with Crippen LogP contribution in [0.3, 0.4) is 0 Å². The Morgan fingerprint density at radius 3 is 2.84 bits per heavy atom. The third-order valence-corrected chi connectivity index (χ3v) is 5.41. The molecule has 0 aliphatic heterocycles. The van der Waals surface area contributed by atoms with E-state index in [0.29, 0.717) is 17.4 Å². The molecule has 0 radical (unpaired) electrons. The van der Waals surface area contributed by atoms with Crippen LogP contribution in [0, 0.1) is 6.92 Å². The molecule has 2 aromatic carbocycles. The van der Waals surface area contributed by atoms with Crippen molar-refractivity contribution in [1.82, 2.24) is 0 Å². The summed E-state index contributed by atoms with van der Waals surface area (Å²) < 4.78 is 12.5. The lowest BCUT2D eigenvalue weighted by Crippen LogP contribution is -2.22. The van der Waals surface area contributed by atoms with Crippen molar-refractivity contribution in [3.63, 3.8) is 0 Å². The zero-order valence-corrected chi connectivity index (χ0v) is 11.7. The summed E-state index contributed by atoms with van der Waals surface area (Å²) in [6, 6.07) is 14.1. The van der Waals surface area contributed by atoms with Crippen LogP contribution in [0.4, 0.5) is 5.69 Å². The first-order valence-electron chi connectivity index (χ1n) is 6.47. The van der Waals surface area contributed by atoms with Crippen molar-refractivity contribution in [2.24, 2.45) is 0 Å². The van der Waals surface area contributed by atoms with Gasteiger partial charge in [0.05, 0.1) is 10.8 Å². The smallest absolute Gasteiger partial charge is 0.0539 e. The van der Waals surface area contributed by atoms with Crippen molar-refractivity contribution < 1.29 is 4.21 Å². The van der Waals surface area contributed by atoms with Crippen LogP contribution < -0.4 is 5.73 Å². The number of aryl methyl sites for hydroxylation is 1. The molecule has 19 heavy (non-hydrogen) atoms. The van der Waals surface area contributed by atoms with Crippen LogP contribution in [-0.4, -0.2) is 9.96 Å². The Balaban J connectivity index is 1.79. The molecule has 0 fully saturated rings. The third kappa shape index (κ3) is 2.30. The number of rotatable bonds is 3. The second-order valence-corrected chi connectivity index (χ2v) is 6.60. The zero-order chi connectivity index (χ0) is 13.4. The summed E-state index contributed by atoms with van der Waals surface area (Å²) >= 11 is 0. The predicted octanol–water partition coefficient (Wildman–Crippen LogP) is 3.02. The normalized spacial score (nSPS) is 18.5. The minimum Gasteiger partial charge on any atom is -0.399 e. The summed E-state index contributed by atoms with van der Waals surface area (Å²) in [5.41, 5.74) is 10.3. The van der Waals surface area contributed by atoms with E-state index in [9.17, 15) is 4.21 Å². The zero-order valence-electron chi connectivity index (χ0n) is 10.9. The molecular formula is C16H17NOS. The van der Waals surface area contributed by atoms with E-state index in [1.54, 1.807) is 0 Å². The fourth-order valence-corrected chi connectivity index (χ4v) is 4.18. The predicted molar refractivity (Wildman–Crippen MR) is 79.8 cm³/mol. The molecule has 0 heterocycles. The van der Waals surface area contributed by atoms with Gasteiger partial charge in [0.1, 0.15) is 0 Å². The molecule has 3 heteroatoms. The van der Waals surface area contributed by atoms with Crippen molar-refractivity contribution in [1.29, 1.82) is 0 Å². The second-order valence-electron chi connectivity index (χ2n) is 5.14. The second kappa shape index (κ2) is 4.82. The van der Waals surface area contributed by atoms with Crippen molar-refractivity contribution in [3.05, 3.63) is 59.2 Å². The Kier molecular flexibility index (Phi) is 3.15. The number of nitrogen functional groups attached to an aromatic ring is 1. The first-order valence-corrected chi connectivity index (χ1v) is 7.79. The van der Waals surface area contributed by atoms with E-state index in [2.05, 4.69) is 24.3 Å². The van der Waals surface area contributed by atoms with Crippen molar-refractivity contribution in [2.45, 2.75) is 24.2 Å².